The zero-order valence-electron chi connectivity index (χ0n) is 23.4. The van der Waals surface area contributed by atoms with Crippen molar-refractivity contribution in [3.63, 3.8) is 0 Å². The van der Waals surface area contributed by atoms with Gasteiger partial charge in [-0.1, -0.05) is 0 Å². The van der Waals surface area contributed by atoms with Crippen molar-refractivity contribution in [1.82, 2.24) is 20.2 Å². The Hall–Kier alpha value is -1.87. The van der Waals surface area contributed by atoms with E-state index in [1.54, 1.807) is 7.05 Å². The minimum absolute atomic E-state index is 0.00555. The van der Waals surface area contributed by atoms with Gasteiger partial charge in [0.05, 0.1) is 24.9 Å². The molecule has 10 N–H and O–H groups in total. The first-order chi connectivity index (χ1) is 20.6. The van der Waals surface area contributed by atoms with E-state index in [2.05, 4.69) is 19.5 Å². The maximum absolute atomic E-state index is 12.8. The average Bonchev–Trinajstić information content (AvgIpc) is 3.22. The maximum atomic E-state index is 12.8. The number of phosphoric ester groups is 2. The predicted octanol–water partition coefficient (Wildman–Crippen LogP) is -3.62. The van der Waals surface area contributed by atoms with Gasteiger partial charge in [-0.05, 0) is 32.9 Å². The molecule has 1 amide bonds. The topological polar surface area (TPSA) is 309 Å². The lowest BCUT2D eigenvalue weighted by Crippen LogP contribution is -2.61. The van der Waals surface area contributed by atoms with Crippen molar-refractivity contribution in [3.05, 3.63) is 33.1 Å². The lowest BCUT2D eigenvalue weighted by Gasteiger charge is -2.42. The highest BCUT2D eigenvalue weighted by Gasteiger charge is 2.49. The molecule has 1 saturated carbocycles. The Kier molecular flexibility index (Phi) is 13.0. The molecule has 1 aromatic rings. The predicted molar refractivity (Wildman–Crippen MR) is 146 cm³/mol. The monoisotopic (exact) mass is 676 g/mol. The van der Waals surface area contributed by atoms with Crippen LogP contribution in [-0.4, -0.2) is 120 Å². The highest BCUT2D eigenvalue weighted by molar-refractivity contribution is 7.61. The van der Waals surface area contributed by atoms with E-state index in [4.69, 9.17) is 9.26 Å². The van der Waals surface area contributed by atoms with Crippen molar-refractivity contribution >= 4 is 21.6 Å². The fourth-order valence-electron chi connectivity index (χ4n) is 4.85. The van der Waals surface area contributed by atoms with Crippen molar-refractivity contribution in [1.29, 1.82) is 0 Å². The van der Waals surface area contributed by atoms with Crippen molar-refractivity contribution in [3.8, 4) is 0 Å². The van der Waals surface area contributed by atoms with Crippen LogP contribution in [0.3, 0.4) is 0 Å². The third kappa shape index (κ3) is 9.57. The first kappa shape index (κ1) is 36.6. The number of aliphatic hydroxyl groups is 5. The van der Waals surface area contributed by atoms with Gasteiger partial charge in [0.1, 0.15) is 24.4 Å². The Bertz CT molecular complexity index is 1330. The molecule has 1 saturated heterocycles. The summed E-state index contributed by atoms with van der Waals surface area (Å²) >= 11 is 0. The quantitative estimate of drug-likeness (QED) is 0.0633. The molecule has 2 heterocycles. The molecule has 44 heavy (non-hydrogen) atoms. The second kappa shape index (κ2) is 15.6. The van der Waals surface area contributed by atoms with Crippen molar-refractivity contribution < 1.29 is 67.3 Å². The van der Waals surface area contributed by atoms with Gasteiger partial charge in [-0.15, -0.1) is 0 Å². The van der Waals surface area contributed by atoms with Crippen LogP contribution >= 0.6 is 15.6 Å². The zero-order valence-corrected chi connectivity index (χ0v) is 25.2. The highest BCUT2D eigenvalue weighted by Crippen LogP contribution is 2.61. The summed E-state index contributed by atoms with van der Waals surface area (Å²) in [5.41, 5.74) is -1.73. The van der Waals surface area contributed by atoms with Crippen LogP contribution in [0.4, 0.5) is 0 Å². The molecule has 20 nitrogen and oxygen atoms in total. The van der Waals surface area contributed by atoms with Crippen LogP contribution in [0.15, 0.2) is 21.9 Å². The number of hydrogen-bond acceptors (Lipinski definition) is 15. The van der Waals surface area contributed by atoms with Gasteiger partial charge in [0, 0.05) is 31.2 Å². The van der Waals surface area contributed by atoms with E-state index in [0.717, 1.165) is 16.8 Å². The second-order valence-corrected chi connectivity index (χ2v) is 13.3. The van der Waals surface area contributed by atoms with E-state index >= 15 is 0 Å². The Morgan fingerprint density at radius 1 is 1.09 bits per heavy atom. The fourth-order valence-corrected chi connectivity index (χ4v) is 7.13. The van der Waals surface area contributed by atoms with Crippen LogP contribution in [0, 0.1) is 5.92 Å². The number of nitrogens with one attached hydrogen (secondary N) is 3. The van der Waals surface area contributed by atoms with Gasteiger partial charge < -0.3 is 50.7 Å². The van der Waals surface area contributed by atoms with E-state index in [1.165, 1.54) is 0 Å². The Labute approximate surface area is 249 Å². The van der Waals surface area contributed by atoms with Gasteiger partial charge in [0.2, 0.25) is 5.91 Å². The summed E-state index contributed by atoms with van der Waals surface area (Å²) in [4.78, 5) is 58.0. The molecule has 2 fully saturated rings. The smallest absolute Gasteiger partial charge is 0.396 e. The molecular weight excluding hydrogens is 638 g/mol. The first-order valence-corrected chi connectivity index (χ1v) is 16.5. The minimum atomic E-state index is -5.54. The molecule has 0 radical (unpaired) electrons. The van der Waals surface area contributed by atoms with Crippen LogP contribution in [0.5, 0.6) is 0 Å². The number of hydrogen-bond donors (Lipinski definition) is 10. The van der Waals surface area contributed by atoms with Gasteiger partial charge in [0.15, 0.2) is 6.23 Å². The fraction of sp³-hybridized carbons (Fsp3) is 0.773. The number of aliphatic hydroxyl groups excluding tert-OH is 5. The molecular formula is C22H38N4O16P2. The Morgan fingerprint density at radius 3 is 2.43 bits per heavy atom. The first-order valence-electron chi connectivity index (χ1n) is 13.5. The van der Waals surface area contributed by atoms with Crippen LogP contribution in [0.2, 0.25) is 0 Å². The summed E-state index contributed by atoms with van der Waals surface area (Å²) in [7, 11) is -9.30. The molecule has 22 heteroatoms. The van der Waals surface area contributed by atoms with Crippen molar-refractivity contribution in [2.45, 2.75) is 74.6 Å². The molecule has 1 aliphatic heterocycles. The second-order valence-electron chi connectivity index (χ2n) is 10.3. The summed E-state index contributed by atoms with van der Waals surface area (Å²) in [5, 5.41) is 56.4. The highest BCUT2D eigenvalue weighted by atomic mass is 31.3. The Balaban J connectivity index is 1.64. The van der Waals surface area contributed by atoms with Gasteiger partial charge >= 0.3 is 21.3 Å². The number of ether oxygens (including phenoxy) is 1. The van der Waals surface area contributed by atoms with E-state index in [-0.39, 0.29) is 12.8 Å². The molecule has 8 unspecified atom stereocenters. The molecule has 1 aromatic heterocycles. The third-order valence-electron chi connectivity index (χ3n) is 7.12. The van der Waals surface area contributed by atoms with E-state index in [1.807, 2.05) is 4.98 Å². The number of carbonyl (C=O) groups excluding carboxylic acids is 1. The van der Waals surface area contributed by atoms with Crippen LogP contribution in [0.1, 0.15) is 31.9 Å². The summed E-state index contributed by atoms with van der Waals surface area (Å²) in [6.45, 7) is -1.05. The maximum Gasteiger partial charge on any atom is 0.481 e. The van der Waals surface area contributed by atoms with Crippen molar-refractivity contribution in [2.24, 2.45) is 5.92 Å². The Morgan fingerprint density at radius 2 is 1.80 bits per heavy atom. The van der Waals surface area contributed by atoms with Gasteiger partial charge in [-0.3, -0.25) is 28.2 Å². The number of aromatic nitrogens is 2. The van der Waals surface area contributed by atoms with Gasteiger partial charge in [0.25, 0.3) is 5.56 Å². The van der Waals surface area contributed by atoms with Gasteiger partial charge in [-0.25, -0.2) is 13.9 Å². The number of H-pyrrole nitrogens is 1. The van der Waals surface area contributed by atoms with Gasteiger partial charge in [-0.2, -0.15) is 4.31 Å². The molecule has 1 aliphatic carbocycles. The lowest BCUT2D eigenvalue weighted by atomic mass is 9.79. The summed E-state index contributed by atoms with van der Waals surface area (Å²) in [5.74, 6) is -1.65. The average molecular weight is 677 g/mol. The normalized spacial score (nSPS) is 33.4. The lowest BCUT2D eigenvalue weighted by molar-refractivity contribution is -0.134. The number of aromatic amines is 1. The molecule has 3 rings (SSSR count). The number of nitrogens with zero attached hydrogens (tertiary/aromatic N) is 1. The summed E-state index contributed by atoms with van der Waals surface area (Å²) in [6.07, 6.45) is -9.86. The third-order valence-corrected chi connectivity index (χ3v) is 9.78. The van der Waals surface area contributed by atoms with Crippen LogP contribution in [0.25, 0.3) is 0 Å². The van der Waals surface area contributed by atoms with E-state index in [0.29, 0.717) is 19.4 Å². The standard InChI is InChI=1S/C22H38N4O16P2/c1-23-6-3-2-4-14(28)24-16-12(8-11(9-27)17(30)19(16)32)41-44(37,38)42-43(35,36)39-10-13-18(31)20(33)21(40-13)26-7-5-15(29)25-22(26)34/h5,7,11-13,16-21,23,27,30-33H,2-4,6,8-10H2,1H3,(H,24,28)(H,35,36)(H,37,38)(H,25,29,34)/t11?,12-,13?,16?,17-,18?,19+,20?,21?/m0/s1. The molecule has 0 bridgehead atoms. The van der Waals surface area contributed by atoms with Crippen molar-refractivity contribution in [2.75, 3.05) is 26.8 Å². The number of rotatable bonds is 15. The molecule has 11 atom stereocenters. The SMILES string of the molecule is CNCCCCC(=O)NC1[C@@H](OP(=O)(O)OP(=O)(O)OCC2OC(n3ccc(=O)[nH]c3=O)C(O)C2O)CC(CO)[C@H](O)[C@@H]1O. The van der Waals surface area contributed by atoms with Crippen LogP contribution < -0.4 is 21.9 Å². The molecule has 0 spiro atoms. The number of phosphoric acid groups is 2. The van der Waals surface area contributed by atoms with E-state index < -0.39 is 101 Å². The molecule has 252 valence electrons. The zero-order chi connectivity index (χ0) is 32.8. The number of amides is 1. The number of unbranched alkanes of at least 4 members (excludes halogenated alkanes) is 1. The summed E-state index contributed by atoms with van der Waals surface area (Å²) in [6, 6.07) is -0.539. The van der Waals surface area contributed by atoms with Crippen LogP contribution in [-0.2, 0) is 32.0 Å². The summed E-state index contributed by atoms with van der Waals surface area (Å²) < 4.78 is 45.3. The van der Waals surface area contributed by atoms with E-state index in [9.17, 15) is 58.8 Å². The number of carbonyl (C=O) groups is 1. The molecule has 0 aromatic carbocycles. The largest absolute Gasteiger partial charge is 0.481 e. The minimum Gasteiger partial charge on any atom is -0.396 e. The molecule has 2 aliphatic rings.